The minimum atomic E-state index is -0.990. The van der Waals surface area contributed by atoms with Crippen molar-refractivity contribution in [3.05, 3.63) is 35.9 Å². The van der Waals surface area contributed by atoms with Crippen LogP contribution in [-0.4, -0.2) is 34.6 Å². The van der Waals surface area contributed by atoms with Crippen LogP contribution in [0.4, 0.5) is 0 Å². The van der Waals surface area contributed by atoms with Crippen molar-refractivity contribution in [3.63, 3.8) is 0 Å². The first-order valence-corrected chi connectivity index (χ1v) is 7.18. The Balaban J connectivity index is 1.81. The lowest BCUT2D eigenvalue weighted by Crippen LogP contribution is -2.39. The van der Waals surface area contributed by atoms with Crippen molar-refractivity contribution in [1.82, 2.24) is 5.32 Å². The molecule has 0 heterocycles. The fraction of sp³-hybridized carbons (Fsp3) is 0.533. The maximum atomic E-state index is 11.4. The molecule has 1 aromatic rings. The van der Waals surface area contributed by atoms with Crippen LogP contribution < -0.4 is 5.32 Å². The molecule has 1 aliphatic rings. The van der Waals surface area contributed by atoms with E-state index in [2.05, 4.69) is 5.32 Å². The summed E-state index contributed by atoms with van der Waals surface area (Å²) in [4.78, 5) is 11.4. The molecule has 0 bridgehead atoms. The van der Waals surface area contributed by atoms with Crippen LogP contribution in [0.1, 0.15) is 19.4 Å². The molecule has 4 unspecified atom stereocenters. The van der Waals surface area contributed by atoms with Crippen LogP contribution in [0.25, 0.3) is 0 Å². The van der Waals surface area contributed by atoms with Crippen molar-refractivity contribution in [2.75, 3.05) is 6.54 Å². The van der Waals surface area contributed by atoms with E-state index in [-0.39, 0.29) is 24.5 Å². The van der Waals surface area contributed by atoms with Crippen LogP contribution in [0, 0.1) is 5.92 Å². The van der Waals surface area contributed by atoms with Gasteiger partial charge in [-0.2, -0.15) is 0 Å². The molecule has 4 atom stereocenters. The summed E-state index contributed by atoms with van der Waals surface area (Å²) in [5.41, 5.74) is 0.0725. The van der Waals surface area contributed by atoms with E-state index in [4.69, 9.17) is 16.3 Å². The standard InChI is InChI=1S/C15H20ClNO3/c1-10-13(20-8-12-6-4-3-5-7-12)15(10,19)9-17-14(18)11(2)16/h3-7,10-11,13,19H,8-9H2,1-2H3,(H,17,18). The van der Waals surface area contributed by atoms with Gasteiger partial charge in [-0.15, -0.1) is 11.6 Å². The van der Waals surface area contributed by atoms with Crippen LogP contribution >= 0.6 is 11.6 Å². The first-order chi connectivity index (χ1) is 9.45. The zero-order valence-corrected chi connectivity index (χ0v) is 12.4. The highest BCUT2D eigenvalue weighted by atomic mass is 35.5. The van der Waals surface area contributed by atoms with Gasteiger partial charge in [-0.1, -0.05) is 37.3 Å². The number of ether oxygens (including phenoxy) is 1. The Morgan fingerprint density at radius 2 is 2.15 bits per heavy atom. The number of rotatable bonds is 6. The van der Waals surface area contributed by atoms with E-state index in [0.717, 1.165) is 5.56 Å². The van der Waals surface area contributed by atoms with E-state index >= 15 is 0 Å². The van der Waals surface area contributed by atoms with E-state index in [1.54, 1.807) is 6.92 Å². The Hall–Kier alpha value is -1.10. The van der Waals surface area contributed by atoms with Crippen molar-refractivity contribution in [2.45, 2.75) is 37.5 Å². The topological polar surface area (TPSA) is 58.6 Å². The summed E-state index contributed by atoms with van der Waals surface area (Å²) in [5, 5.41) is 12.4. The summed E-state index contributed by atoms with van der Waals surface area (Å²) in [6, 6.07) is 9.79. The van der Waals surface area contributed by atoms with Crippen molar-refractivity contribution in [3.8, 4) is 0 Å². The predicted molar refractivity (Wildman–Crippen MR) is 77.5 cm³/mol. The van der Waals surface area contributed by atoms with E-state index in [9.17, 15) is 9.90 Å². The molecule has 0 aliphatic heterocycles. The highest BCUT2D eigenvalue weighted by Crippen LogP contribution is 2.45. The number of carbonyl (C=O) groups is 1. The van der Waals surface area contributed by atoms with Crippen LogP contribution in [0.2, 0.25) is 0 Å². The minimum absolute atomic E-state index is 0.00264. The molecule has 1 aromatic carbocycles. The van der Waals surface area contributed by atoms with Crippen LogP contribution in [0.5, 0.6) is 0 Å². The first-order valence-electron chi connectivity index (χ1n) is 6.75. The molecule has 1 fully saturated rings. The molecule has 0 saturated heterocycles. The Morgan fingerprint density at radius 1 is 1.50 bits per heavy atom. The highest BCUT2D eigenvalue weighted by molar-refractivity contribution is 6.30. The van der Waals surface area contributed by atoms with E-state index in [0.29, 0.717) is 6.61 Å². The van der Waals surface area contributed by atoms with Gasteiger partial charge in [0.2, 0.25) is 5.91 Å². The lowest BCUT2D eigenvalue weighted by atomic mass is 10.2. The summed E-state index contributed by atoms with van der Waals surface area (Å²) >= 11 is 5.67. The zero-order chi connectivity index (χ0) is 14.8. The summed E-state index contributed by atoms with van der Waals surface area (Å²) in [6.45, 7) is 4.13. The van der Waals surface area contributed by atoms with Gasteiger partial charge >= 0.3 is 0 Å². The quantitative estimate of drug-likeness (QED) is 0.786. The predicted octanol–water partition coefficient (Wildman–Crippen LogP) is 1.70. The summed E-state index contributed by atoms with van der Waals surface area (Å²) in [7, 11) is 0. The summed E-state index contributed by atoms with van der Waals surface area (Å²) in [5.74, 6) is -0.279. The summed E-state index contributed by atoms with van der Waals surface area (Å²) in [6.07, 6.45) is -0.256. The normalized spacial score (nSPS) is 29.8. The number of aliphatic hydroxyl groups is 1. The average Bonchev–Trinajstić information content (AvgIpc) is 2.96. The third-order valence-corrected chi connectivity index (χ3v) is 4.00. The van der Waals surface area contributed by atoms with Gasteiger partial charge in [0.05, 0.1) is 12.7 Å². The van der Waals surface area contributed by atoms with E-state index < -0.39 is 11.0 Å². The Labute approximate surface area is 124 Å². The number of carbonyl (C=O) groups excluding carboxylic acids is 1. The van der Waals surface area contributed by atoms with Crippen molar-refractivity contribution < 1.29 is 14.6 Å². The van der Waals surface area contributed by atoms with Gasteiger partial charge in [-0.05, 0) is 12.5 Å². The van der Waals surface area contributed by atoms with Gasteiger partial charge < -0.3 is 15.2 Å². The van der Waals surface area contributed by atoms with Crippen LogP contribution in [0.3, 0.4) is 0 Å². The Kier molecular flexibility index (Phi) is 4.68. The molecule has 0 spiro atoms. The van der Waals surface area contributed by atoms with Gasteiger partial charge in [-0.3, -0.25) is 4.79 Å². The third kappa shape index (κ3) is 3.32. The molecule has 4 nitrogen and oxygen atoms in total. The van der Waals surface area contributed by atoms with Gasteiger partial charge in [0.15, 0.2) is 0 Å². The maximum Gasteiger partial charge on any atom is 0.237 e. The fourth-order valence-electron chi connectivity index (χ4n) is 2.25. The average molecular weight is 298 g/mol. The smallest absolute Gasteiger partial charge is 0.237 e. The fourth-order valence-corrected chi connectivity index (χ4v) is 2.33. The van der Waals surface area contributed by atoms with Gasteiger partial charge in [-0.25, -0.2) is 0 Å². The van der Waals surface area contributed by atoms with Gasteiger partial charge in [0, 0.05) is 12.5 Å². The van der Waals surface area contributed by atoms with Crippen molar-refractivity contribution in [2.24, 2.45) is 5.92 Å². The molecule has 2 rings (SSSR count). The number of alkyl halides is 1. The minimum Gasteiger partial charge on any atom is -0.385 e. The molecule has 1 saturated carbocycles. The Bertz CT molecular complexity index is 465. The number of nitrogens with one attached hydrogen (secondary N) is 1. The lowest BCUT2D eigenvalue weighted by Gasteiger charge is -2.13. The largest absolute Gasteiger partial charge is 0.385 e. The van der Waals surface area contributed by atoms with Crippen LogP contribution in [-0.2, 0) is 16.1 Å². The highest BCUT2D eigenvalue weighted by Gasteiger charge is 2.62. The second-order valence-corrected chi connectivity index (χ2v) is 5.99. The molecule has 5 heteroatoms. The van der Waals surface area contributed by atoms with E-state index in [1.165, 1.54) is 0 Å². The van der Waals surface area contributed by atoms with E-state index in [1.807, 2.05) is 37.3 Å². The molecule has 20 heavy (non-hydrogen) atoms. The van der Waals surface area contributed by atoms with Crippen molar-refractivity contribution in [1.29, 1.82) is 0 Å². The van der Waals surface area contributed by atoms with Crippen LogP contribution in [0.15, 0.2) is 30.3 Å². The number of hydrogen-bond donors (Lipinski definition) is 2. The monoisotopic (exact) mass is 297 g/mol. The first kappa shape index (κ1) is 15.3. The molecule has 1 aliphatic carbocycles. The number of hydrogen-bond acceptors (Lipinski definition) is 3. The second-order valence-electron chi connectivity index (χ2n) is 5.33. The lowest BCUT2D eigenvalue weighted by molar-refractivity contribution is -0.121. The molecule has 2 N–H and O–H groups in total. The molecular formula is C15H20ClNO3. The molecule has 1 amide bonds. The van der Waals surface area contributed by atoms with Crippen molar-refractivity contribution >= 4 is 17.5 Å². The second kappa shape index (κ2) is 6.12. The van der Waals surface area contributed by atoms with Gasteiger partial charge in [0.25, 0.3) is 0 Å². The Morgan fingerprint density at radius 3 is 2.75 bits per heavy atom. The van der Waals surface area contributed by atoms with Gasteiger partial charge in [0.1, 0.15) is 11.0 Å². The number of halogens is 1. The number of benzene rings is 1. The molecule has 0 radical (unpaired) electrons. The summed E-state index contributed by atoms with van der Waals surface area (Å²) < 4.78 is 5.73. The molecular weight excluding hydrogens is 278 g/mol. The third-order valence-electron chi connectivity index (χ3n) is 3.81. The SMILES string of the molecule is CC(Cl)C(=O)NCC1(O)C(C)C1OCc1ccccc1. The number of amides is 1. The molecule has 110 valence electrons. The molecule has 0 aromatic heterocycles. The maximum absolute atomic E-state index is 11.4. The zero-order valence-electron chi connectivity index (χ0n) is 11.7.